The molecule has 1 saturated heterocycles. The second-order valence-electron chi connectivity index (χ2n) is 5.26. The highest BCUT2D eigenvalue weighted by Gasteiger charge is 2.20. The Kier molecular flexibility index (Phi) is 5.41. The van der Waals surface area contributed by atoms with Crippen LogP contribution in [0.4, 0.5) is 11.4 Å². The molecule has 1 aliphatic heterocycles. The van der Waals surface area contributed by atoms with Gasteiger partial charge in [0.1, 0.15) is 5.75 Å². The third-order valence-corrected chi connectivity index (χ3v) is 3.72. The number of nitrogen functional groups attached to an aromatic ring is 1. The van der Waals surface area contributed by atoms with E-state index in [-0.39, 0.29) is 5.91 Å². The minimum Gasteiger partial charge on any atom is -0.495 e. The molecule has 1 aliphatic rings. The Morgan fingerprint density at radius 2 is 2.38 bits per heavy atom. The van der Waals surface area contributed by atoms with Crippen molar-refractivity contribution >= 4 is 17.3 Å². The average Bonchev–Trinajstić information content (AvgIpc) is 2.99. The van der Waals surface area contributed by atoms with Crippen LogP contribution in [0.1, 0.15) is 12.8 Å². The summed E-state index contributed by atoms with van der Waals surface area (Å²) < 4.78 is 10.6. The molecule has 116 valence electrons. The maximum absolute atomic E-state index is 12.0. The highest BCUT2D eigenvalue weighted by molar-refractivity contribution is 5.93. The summed E-state index contributed by atoms with van der Waals surface area (Å²) in [5, 5.41) is 2.85. The summed E-state index contributed by atoms with van der Waals surface area (Å²) in [5.41, 5.74) is 6.93. The van der Waals surface area contributed by atoms with Crippen molar-refractivity contribution in [3.05, 3.63) is 18.2 Å². The predicted molar refractivity (Wildman–Crippen MR) is 82.5 cm³/mol. The highest BCUT2D eigenvalue weighted by Crippen LogP contribution is 2.26. The second kappa shape index (κ2) is 7.28. The Balaban J connectivity index is 1.85. The molecule has 0 aromatic heterocycles. The summed E-state index contributed by atoms with van der Waals surface area (Å²) in [5.74, 6) is 0.555. The first-order valence-electron chi connectivity index (χ1n) is 7.11. The second-order valence-corrected chi connectivity index (χ2v) is 5.26. The zero-order chi connectivity index (χ0) is 15.2. The Morgan fingerprint density at radius 1 is 1.57 bits per heavy atom. The van der Waals surface area contributed by atoms with Crippen LogP contribution in [0.3, 0.4) is 0 Å². The number of rotatable bonds is 6. The van der Waals surface area contributed by atoms with Gasteiger partial charge in [0, 0.05) is 31.3 Å². The number of anilines is 2. The van der Waals surface area contributed by atoms with E-state index in [0.717, 1.165) is 19.6 Å². The molecule has 21 heavy (non-hydrogen) atoms. The summed E-state index contributed by atoms with van der Waals surface area (Å²) >= 11 is 0. The van der Waals surface area contributed by atoms with E-state index in [1.165, 1.54) is 0 Å². The van der Waals surface area contributed by atoms with Crippen molar-refractivity contribution in [1.82, 2.24) is 4.90 Å². The number of methoxy groups -OCH3 is 1. The van der Waals surface area contributed by atoms with E-state index in [4.69, 9.17) is 15.2 Å². The van der Waals surface area contributed by atoms with Gasteiger partial charge in [0.05, 0.1) is 19.4 Å². The molecular formula is C15H23N3O3. The molecule has 1 fully saturated rings. The van der Waals surface area contributed by atoms with Crippen LogP contribution in [0.5, 0.6) is 5.75 Å². The first kappa shape index (κ1) is 15.6. The van der Waals surface area contributed by atoms with Crippen molar-refractivity contribution in [1.29, 1.82) is 0 Å². The molecule has 6 heteroatoms. The Labute approximate surface area is 125 Å². The number of carbonyl (C=O) groups excluding carboxylic acids is 1. The molecule has 3 N–H and O–H groups in total. The van der Waals surface area contributed by atoms with Crippen LogP contribution in [0.25, 0.3) is 0 Å². The smallest absolute Gasteiger partial charge is 0.225 e. The van der Waals surface area contributed by atoms with Gasteiger partial charge in [0.15, 0.2) is 0 Å². The van der Waals surface area contributed by atoms with Gasteiger partial charge in [-0.15, -0.1) is 0 Å². The van der Waals surface area contributed by atoms with E-state index in [1.54, 1.807) is 25.3 Å². The number of carbonyl (C=O) groups is 1. The number of nitrogens with two attached hydrogens (primary N) is 1. The van der Waals surface area contributed by atoms with Crippen LogP contribution < -0.4 is 15.8 Å². The van der Waals surface area contributed by atoms with Gasteiger partial charge in [-0.1, -0.05) is 0 Å². The Morgan fingerprint density at radius 3 is 3.05 bits per heavy atom. The summed E-state index contributed by atoms with van der Waals surface area (Å²) in [7, 11) is 3.59. The molecule has 0 spiro atoms. The van der Waals surface area contributed by atoms with E-state index < -0.39 is 0 Å². The fraction of sp³-hybridized carbons (Fsp3) is 0.533. The first-order chi connectivity index (χ1) is 10.1. The van der Waals surface area contributed by atoms with Crippen LogP contribution in [0.2, 0.25) is 0 Å². The fourth-order valence-electron chi connectivity index (χ4n) is 2.37. The molecule has 2 rings (SSSR count). The van der Waals surface area contributed by atoms with E-state index >= 15 is 0 Å². The number of nitrogens with one attached hydrogen (secondary N) is 1. The molecule has 0 saturated carbocycles. The standard InChI is InChI=1S/C15H23N3O3/c1-18(12-6-8-21-10-12)7-5-15(19)17-13-9-11(16)3-4-14(13)20-2/h3-4,9,12H,5-8,10,16H2,1-2H3,(H,17,19). The van der Waals surface area contributed by atoms with Gasteiger partial charge in [0.2, 0.25) is 5.91 Å². The molecular weight excluding hydrogens is 270 g/mol. The van der Waals surface area contributed by atoms with Crippen LogP contribution >= 0.6 is 0 Å². The van der Waals surface area contributed by atoms with Crippen LogP contribution in [0, 0.1) is 0 Å². The lowest BCUT2D eigenvalue weighted by Crippen LogP contribution is -2.34. The molecule has 0 radical (unpaired) electrons. The summed E-state index contributed by atoms with van der Waals surface area (Å²) in [6.45, 7) is 2.26. The van der Waals surface area contributed by atoms with E-state index in [0.29, 0.717) is 36.1 Å². The summed E-state index contributed by atoms with van der Waals surface area (Å²) in [6.07, 6.45) is 1.45. The Hall–Kier alpha value is -1.79. The molecule has 1 aromatic carbocycles. The molecule has 1 unspecified atom stereocenters. The quantitative estimate of drug-likeness (QED) is 0.774. The van der Waals surface area contributed by atoms with Gasteiger partial charge in [0.25, 0.3) is 0 Å². The third kappa shape index (κ3) is 4.34. The van der Waals surface area contributed by atoms with Crippen molar-refractivity contribution < 1.29 is 14.3 Å². The van der Waals surface area contributed by atoms with Crippen molar-refractivity contribution in [2.24, 2.45) is 0 Å². The van der Waals surface area contributed by atoms with Crippen LogP contribution in [0.15, 0.2) is 18.2 Å². The largest absolute Gasteiger partial charge is 0.495 e. The Bertz CT molecular complexity index is 487. The van der Waals surface area contributed by atoms with Gasteiger partial charge in [-0.05, 0) is 31.7 Å². The summed E-state index contributed by atoms with van der Waals surface area (Å²) in [6, 6.07) is 5.60. The predicted octanol–water partition coefficient (Wildman–Crippen LogP) is 1.33. The molecule has 6 nitrogen and oxygen atoms in total. The molecule has 1 aromatic rings. The fourth-order valence-corrected chi connectivity index (χ4v) is 2.37. The van der Waals surface area contributed by atoms with Gasteiger partial charge in [-0.25, -0.2) is 0 Å². The van der Waals surface area contributed by atoms with Gasteiger partial charge >= 0.3 is 0 Å². The highest BCUT2D eigenvalue weighted by atomic mass is 16.5. The van der Waals surface area contributed by atoms with Crippen molar-refractivity contribution in [3.63, 3.8) is 0 Å². The number of likely N-dealkylation sites (N-methyl/N-ethyl adjacent to an activating group) is 1. The lowest BCUT2D eigenvalue weighted by molar-refractivity contribution is -0.116. The zero-order valence-electron chi connectivity index (χ0n) is 12.6. The molecule has 1 heterocycles. The lowest BCUT2D eigenvalue weighted by Gasteiger charge is -2.22. The maximum Gasteiger partial charge on any atom is 0.225 e. The van der Waals surface area contributed by atoms with Crippen LogP contribution in [-0.2, 0) is 9.53 Å². The van der Waals surface area contributed by atoms with Crippen molar-refractivity contribution in [2.45, 2.75) is 18.9 Å². The summed E-state index contributed by atoms with van der Waals surface area (Å²) in [4.78, 5) is 14.2. The number of hydrogen-bond acceptors (Lipinski definition) is 5. The van der Waals surface area contributed by atoms with E-state index in [9.17, 15) is 4.79 Å². The topological polar surface area (TPSA) is 76.8 Å². The molecule has 1 amide bonds. The molecule has 0 aliphatic carbocycles. The van der Waals surface area contributed by atoms with E-state index in [1.807, 2.05) is 7.05 Å². The van der Waals surface area contributed by atoms with Gasteiger partial charge in [-0.2, -0.15) is 0 Å². The minimum atomic E-state index is -0.0512. The van der Waals surface area contributed by atoms with Crippen LogP contribution in [-0.4, -0.2) is 50.8 Å². The van der Waals surface area contributed by atoms with Gasteiger partial charge in [-0.3, -0.25) is 4.79 Å². The molecule has 0 bridgehead atoms. The van der Waals surface area contributed by atoms with E-state index in [2.05, 4.69) is 10.2 Å². The minimum absolute atomic E-state index is 0.0512. The zero-order valence-corrected chi connectivity index (χ0v) is 12.6. The third-order valence-electron chi connectivity index (χ3n) is 3.72. The SMILES string of the molecule is COc1ccc(N)cc1NC(=O)CCN(C)C1CCOC1. The number of amides is 1. The molecule has 1 atom stereocenters. The average molecular weight is 293 g/mol. The van der Waals surface area contributed by atoms with Crippen molar-refractivity contribution in [2.75, 3.05) is 45.0 Å². The monoisotopic (exact) mass is 293 g/mol. The number of nitrogens with zero attached hydrogens (tertiary/aromatic N) is 1. The normalized spacial score (nSPS) is 18.0. The number of benzene rings is 1. The number of ether oxygens (including phenoxy) is 2. The number of hydrogen-bond donors (Lipinski definition) is 2. The lowest BCUT2D eigenvalue weighted by atomic mass is 10.2. The van der Waals surface area contributed by atoms with Gasteiger partial charge < -0.3 is 25.4 Å². The maximum atomic E-state index is 12.0. The first-order valence-corrected chi connectivity index (χ1v) is 7.11. The van der Waals surface area contributed by atoms with Crippen molar-refractivity contribution in [3.8, 4) is 5.75 Å².